The summed E-state index contributed by atoms with van der Waals surface area (Å²) < 4.78 is 0. The molecular formula is C15H23NO. The molecule has 1 aromatic carbocycles. The van der Waals surface area contributed by atoms with E-state index in [9.17, 15) is 5.11 Å². The first-order valence-electron chi connectivity index (χ1n) is 6.75. The number of phenols is 1. The summed E-state index contributed by atoms with van der Waals surface area (Å²) in [7, 11) is 0. The topological polar surface area (TPSA) is 32.3 Å². The average molecular weight is 233 g/mol. The van der Waals surface area contributed by atoms with E-state index in [0.717, 1.165) is 24.9 Å². The second kappa shape index (κ2) is 6.06. The van der Waals surface area contributed by atoms with Crippen LogP contribution in [0.15, 0.2) is 24.3 Å². The Labute approximate surface area is 104 Å². The molecule has 0 radical (unpaired) electrons. The molecule has 2 nitrogen and oxygen atoms in total. The Hall–Kier alpha value is -1.02. The van der Waals surface area contributed by atoms with Crippen molar-refractivity contribution in [2.75, 3.05) is 6.54 Å². The van der Waals surface area contributed by atoms with Crippen LogP contribution in [-0.2, 0) is 6.42 Å². The zero-order valence-corrected chi connectivity index (χ0v) is 10.7. The maximum Gasteiger partial charge on any atom is 0.115 e. The van der Waals surface area contributed by atoms with Gasteiger partial charge in [0.05, 0.1) is 0 Å². The normalized spacial score (nSPS) is 24.8. The van der Waals surface area contributed by atoms with Crippen molar-refractivity contribution in [3.63, 3.8) is 0 Å². The molecule has 94 valence electrons. The van der Waals surface area contributed by atoms with Gasteiger partial charge >= 0.3 is 0 Å². The van der Waals surface area contributed by atoms with Gasteiger partial charge in [0, 0.05) is 6.04 Å². The Balaban J connectivity index is 1.70. The maximum atomic E-state index is 9.20. The first-order valence-corrected chi connectivity index (χ1v) is 6.75. The maximum absolute atomic E-state index is 9.20. The van der Waals surface area contributed by atoms with Crippen molar-refractivity contribution in [2.45, 2.75) is 45.1 Å². The Morgan fingerprint density at radius 1 is 1.24 bits per heavy atom. The standard InChI is InChI=1S/C15H23NO/c1-12-3-2-4-14(11-12)16-10-9-13-5-7-15(17)8-6-13/h5-8,12,14,16-17H,2-4,9-11H2,1H3. The van der Waals surface area contributed by atoms with Gasteiger partial charge in [0.2, 0.25) is 0 Å². The van der Waals surface area contributed by atoms with E-state index in [4.69, 9.17) is 0 Å². The lowest BCUT2D eigenvalue weighted by Gasteiger charge is -2.27. The second-order valence-corrected chi connectivity index (χ2v) is 5.34. The molecule has 1 saturated carbocycles. The minimum Gasteiger partial charge on any atom is -0.508 e. The van der Waals surface area contributed by atoms with E-state index < -0.39 is 0 Å². The molecule has 2 N–H and O–H groups in total. The van der Waals surface area contributed by atoms with Crippen molar-refractivity contribution in [1.29, 1.82) is 0 Å². The summed E-state index contributed by atoms with van der Waals surface area (Å²) in [5.74, 6) is 1.23. The monoisotopic (exact) mass is 233 g/mol. The van der Waals surface area contributed by atoms with Crippen LogP contribution in [0, 0.1) is 5.92 Å². The van der Waals surface area contributed by atoms with Crippen LogP contribution in [0.2, 0.25) is 0 Å². The van der Waals surface area contributed by atoms with Gasteiger partial charge in [0.1, 0.15) is 5.75 Å². The molecule has 0 bridgehead atoms. The van der Waals surface area contributed by atoms with Gasteiger partial charge in [-0.3, -0.25) is 0 Å². The molecule has 1 aromatic rings. The Morgan fingerprint density at radius 2 is 2.00 bits per heavy atom. The minimum atomic E-state index is 0.350. The summed E-state index contributed by atoms with van der Waals surface area (Å²) in [5, 5.41) is 12.9. The van der Waals surface area contributed by atoms with Gasteiger partial charge in [-0.05, 0) is 49.4 Å². The molecule has 17 heavy (non-hydrogen) atoms. The Morgan fingerprint density at radius 3 is 2.71 bits per heavy atom. The van der Waals surface area contributed by atoms with Crippen LogP contribution in [0.4, 0.5) is 0 Å². The minimum absolute atomic E-state index is 0.350. The van der Waals surface area contributed by atoms with E-state index in [1.165, 1.54) is 31.2 Å². The van der Waals surface area contributed by atoms with Crippen molar-refractivity contribution in [1.82, 2.24) is 5.32 Å². The number of benzene rings is 1. The number of hydrogen-bond donors (Lipinski definition) is 2. The van der Waals surface area contributed by atoms with E-state index in [2.05, 4.69) is 12.2 Å². The van der Waals surface area contributed by atoms with Crippen LogP contribution in [0.25, 0.3) is 0 Å². The number of nitrogens with one attached hydrogen (secondary N) is 1. The largest absolute Gasteiger partial charge is 0.508 e. The molecule has 2 rings (SSSR count). The third-order valence-electron chi connectivity index (χ3n) is 3.72. The van der Waals surface area contributed by atoms with Crippen molar-refractivity contribution < 1.29 is 5.11 Å². The van der Waals surface area contributed by atoms with Gasteiger partial charge in [-0.2, -0.15) is 0 Å². The molecule has 1 fully saturated rings. The summed E-state index contributed by atoms with van der Waals surface area (Å²) in [5.41, 5.74) is 1.29. The molecule has 0 spiro atoms. The SMILES string of the molecule is CC1CCCC(NCCc2ccc(O)cc2)C1. The summed E-state index contributed by atoms with van der Waals surface area (Å²) in [6, 6.07) is 8.24. The van der Waals surface area contributed by atoms with E-state index in [-0.39, 0.29) is 0 Å². The van der Waals surface area contributed by atoms with Crippen molar-refractivity contribution >= 4 is 0 Å². The zero-order chi connectivity index (χ0) is 12.1. The zero-order valence-electron chi connectivity index (χ0n) is 10.7. The van der Waals surface area contributed by atoms with Crippen molar-refractivity contribution in [2.24, 2.45) is 5.92 Å². The third-order valence-corrected chi connectivity index (χ3v) is 3.72. The summed E-state index contributed by atoms with van der Waals surface area (Å²) in [4.78, 5) is 0. The highest BCUT2D eigenvalue weighted by Crippen LogP contribution is 2.23. The molecule has 2 heteroatoms. The van der Waals surface area contributed by atoms with Gasteiger partial charge < -0.3 is 10.4 Å². The van der Waals surface area contributed by atoms with Gasteiger partial charge in [0.15, 0.2) is 0 Å². The molecule has 2 unspecified atom stereocenters. The first kappa shape index (κ1) is 12.4. The molecule has 2 atom stereocenters. The molecule has 1 aliphatic rings. The van der Waals surface area contributed by atoms with Crippen molar-refractivity contribution in [3.05, 3.63) is 29.8 Å². The third kappa shape index (κ3) is 4.04. The summed E-state index contributed by atoms with van der Waals surface area (Å²) >= 11 is 0. The summed E-state index contributed by atoms with van der Waals surface area (Å²) in [6.07, 6.45) is 6.48. The van der Waals surface area contributed by atoms with E-state index in [1.54, 1.807) is 12.1 Å². The molecule has 0 aliphatic heterocycles. The van der Waals surface area contributed by atoms with Gasteiger partial charge in [0.25, 0.3) is 0 Å². The van der Waals surface area contributed by atoms with Gasteiger partial charge in [-0.1, -0.05) is 31.9 Å². The fourth-order valence-electron chi connectivity index (χ4n) is 2.70. The Kier molecular flexibility index (Phi) is 4.43. The molecule has 1 aliphatic carbocycles. The highest BCUT2D eigenvalue weighted by molar-refractivity contribution is 5.25. The number of phenolic OH excluding ortho intramolecular Hbond substituents is 1. The van der Waals surface area contributed by atoms with Crippen LogP contribution in [0.5, 0.6) is 5.75 Å². The molecule has 0 heterocycles. The number of hydrogen-bond acceptors (Lipinski definition) is 2. The predicted molar refractivity (Wildman–Crippen MR) is 71.2 cm³/mol. The van der Waals surface area contributed by atoms with Crippen LogP contribution >= 0.6 is 0 Å². The predicted octanol–water partition coefficient (Wildman–Crippen LogP) is 3.10. The van der Waals surface area contributed by atoms with E-state index >= 15 is 0 Å². The highest BCUT2D eigenvalue weighted by Gasteiger charge is 2.17. The highest BCUT2D eigenvalue weighted by atomic mass is 16.3. The molecule has 0 amide bonds. The van der Waals surface area contributed by atoms with Crippen LogP contribution in [0.3, 0.4) is 0 Å². The van der Waals surface area contributed by atoms with Gasteiger partial charge in [-0.25, -0.2) is 0 Å². The van der Waals surface area contributed by atoms with Crippen molar-refractivity contribution in [3.8, 4) is 5.75 Å². The number of aromatic hydroxyl groups is 1. The lowest BCUT2D eigenvalue weighted by molar-refractivity contribution is 0.303. The lowest BCUT2D eigenvalue weighted by Crippen LogP contribution is -2.34. The fraction of sp³-hybridized carbons (Fsp3) is 0.600. The average Bonchev–Trinajstić information content (AvgIpc) is 2.32. The Bertz CT molecular complexity index is 333. The van der Waals surface area contributed by atoms with Crippen LogP contribution in [0.1, 0.15) is 38.2 Å². The number of rotatable bonds is 4. The molecule has 0 aromatic heterocycles. The van der Waals surface area contributed by atoms with Crippen LogP contribution < -0.4 is 5.32 Å². The summed E-state index contributed by atoms with van der Waals surface area (Å²) in [6.45, 7) is 3.40. The van der Waals surface area contributed by atoms with E-state index in [0.29, 0.717) is 5.75 Å². The fourth-order valence-corrected chi connectivity index (χ4v) is 2.70. The quantitative estimate of drug-likeness (QED) is 0.837. The molecule has 0 saturated heterocycles. The smallest absolute Gasteiger partial charge is 0.115 e. The second-order valence-electron chi connectivity index (χ2n) is 5.34. The first-order chi connectivity index (χ1) is 8.24. The lowest BCUT2D eigenvalue weighted by atomic mass is 9.87. The van der Waals surface area contributed by atoms with E-state index in [1.807, 2.05) is 12.1 Å². The van der Waals surface area contributed by atoms with Gasteiger partial charge in [-0.15, -0.1) is 0 Å². The van der Waals surface area contributed by atoms with Crippen LogP contribution in [-0.4, -0.2) is 17.7 Å². The molecular weight excluding hydrogens is 210 g/mol.